The third-order valence-corrected chi connectivity index (χ3v) is 5.54. The maximum absolute atomic E-state index is 12.7. The first-order chi connectivity index (χ1) is 11.6. The van der Waals surface area contributed by atoms with Crippen molar-refractivity contribution in [1.29, 1.82) is 0 Å². The first-order valence-electron chi connectivity index (χ1n) is 7.81. The molecule has 24 heavy (non-hydrogen) atoms. The Bertz CT molecular complexity index is 1000. The zero-order valence-electron chi connectivity index (χ0n) is 13.5. The zero-order chi connectivity index (χ0) is 16.8. The molecule has 0 bridgehead atoms. The van der Waals surface area contributed by atoms with Gasteiger partial charge in [0.2, 0.25) is 0 Å². The average Bonchev–Trinajstić information content (AvgIpc) is 3.07. The van der Waals surface area contributed by atoms with E-state index in [4.69, 9.17) is 0 Å². The van der Waals surface area contributed by atoms with Crippen LogP contribution in [0.3, 0.4) is 0 Å². The smallest absolute Gasteiger partial charge is 0.272 e. The Labute approximate surface area is 142 Å². The summed E-state index contributed by atoms with van der Waals surface area (Å²) >= 11 is 1.44. The van der Waals surface area contributed by atoms with Crippen LogP contribution in [-0.2, 0) is 20.0 Å². The molecule has 0 saturated heterocycles. The highest BCUT2D eigenvalue weighted by atomic mass is 32.1. The Balaban J connectivity index is 1.68. The molecular weight excluding hydrogens is 326 g/mol. The second-order valence-corrected chi connectivity index (χ2v) is 6.84. The Kier molecular flexibility index (Phi) is 3.49. The lowest BCUT2D eigenvalue weighted by Gasteiger charge is -2.19. The summed E-state index contributed by atoms with van der Waals surface area (Å²) in [7, 11) is 1.75. The van der Waals surface area contributed by atoms with Gasteiger partial charge in [0, 0.05) is 39.3 Å². The molecule has 7 nitrogen and oxygen atoms in total. The molecular formula is C16H17N5O2S. The average molecular weight is 343 g/mol. The molecule has 0 N–H and O–H groups in total. The number of rotatable bonds is 1. The molecule has 124 valence electrons. The Hall–Kier alpha value is -2.48. The highest BCUT2D eigenvalue weighted by Crippen LogP contribution is 2.21. The molecule has 0 saturated carbocycles. The van der Waals surface area contributed by atoms with Crippen molar-refractivity contribution in [2.45, 2.75) is 19.9 Å². The van der Waals surface area contributed by atoms with Crippen molar-refractivity contribution >= 4 is 27.5 Å². The van der Waals surface area contributed by atoms with Gasteiger partial charge in [-0.25, -0.2) is 4.98 Å². The molecule has 1 aliphatic heterocycles. The summed E-state index contributed by atoms with van der Waals surface area (Å²) in [6.07, 6.45) is 2.19. The molecule has 1 aliphatic rings. The zero-order valence-corrected chi connectivity index (χ0v) is 14.3. The number of thiophene rings is 1. The van der Waals surface area contributed by atoms with Gasteiger partial charge in [0.15, 0.2) is 0 Å². The summed E-state index contributed by atoms with van der Waals surface area (Å²) in [6.45, 7) is 3.48. The Morgan fingerprint density at radius 2 is 2.12 bits per heavy atom. The van der Waals surface area contributed by atoms with E-state index in [0.29, 0.717) is 36.4 Å². The summed E-state index contributed by atoms with van der Waals surface area (Å²) in [5.41, 5.74) is 2.38. The van der Waals surface area contributed by atoms with Gasteiger partial charge in [0.1, 0.15) is 16.2 Å². The third-order valence-electron chi connectivity index (χ3n) is 4.46. The highest BCUT2D eigenvalue weighted by molar-refractivity contribution is 7.17. The number of hydrogen-bond donors (Lipinski definition) is 0. The number of amides is 1. The molecule has 0 radical (unpaired) electrons. The van der Waals surface area contributed by atoms with E-state index in [9.17, 15) is 9.59 Å². The molecule has 0 aliphatic carbocycles. The summed E-state index contributed by atoms with van der Waals surface area (Å²) < 4.78 is 3.99. The first kappa shape index (κ1) is 15.1. The van der Waals surface area contributed by atoms with Gasteiger partial charge in [0.25, 0.3) is 11.5 Å². The first-order valence-corrected chi connectivity index (χ1v) is 8.69. The quantitative estimate of drug-likeness (QED) is 0.665. The Morgan fingerprint density at radius 3 is 2.88 bits per heavy atom. The number of carbonyl (C=O) groups excluding carboxylic acids is 1. The molecule has 4 heterocycles. The fraction of sp³-hybridized carbons (Fsp3) is 0.375. The van der Waals surface area contributed by atoms with Crippen LogP contribution < -0.4 is 5.56 Å². The van der Waals surface area contributed by atoms with Crippen LogP contribution in [0.1, 0.15) is 21.9 Å². The third kappa shape index (κ3) is 2.25. The molecule has 4 rings (SSSR count). The van der Waals surface area contributed by atoms with Crippen LogP contribution in [-0.4, -0.2) is 43.2 Å². The van der Waals surface area contributed by atoms with Gasteiger partial charge in [-0.2, -0.15) is 5.10 Å². The van der Waals surface area contributed by atoms with Crippen molar-refractivity contribution in [3.63, 3.8) is 0 Å². The summed E-state index contributed by atoms with van der Waals surface area (Å²) in [6, 6.07) is 1.71. The van der Waals surface area contributed by atoms with Gasteiger partial charge in [-0.3, -0.25) is 18.8 Å². The standard InChI is InChI=1S/C16H17N5O2S/c1-10-9-24-14-13(10)18-12-4-6-20(7-8-21(12)16(14)23)15(22)11-3-5-17-19(11)2/h3,5,9H,4,6-8H2,1-2H3. The second kappa shape index (κ2) is 5.55. The number of aromatic nitrogens is 4. The van der Waals surface area contributed by atoms with Crippen LogP contribution in [0.5, 0.6) is 0 Å². The summed E-state index contributed by atoms with van der Waals surface area (Å²) in [5.74, 6) is 0.697. The minimum absolute atomic E-state index is 0.00272. The maximum atomic E-state index is 12.7. The number of aryl methyl sites for hydroxylation is 2. The van der Waals surface area contributed by atoms with E-state index >= 15 is 0 Å². The lowest BCUT2D eigenvalue weighted by atomic mass is 10.3. The van der Waals surface area contributed by atoms with E-state index in [1.807, 2.05) is 12.3 Å². The van der Waals surface area contributed by atoms with Gasteiger partial charge in [-0.15, -0.1) is 11.3 Å². The molecule has 0 aromatic carbocycles. The lowest BCUT2D eigenvalue weighted by Crippen LogP contribution is -2.35. The monoisotopic (exact) mass is 343 g/mol. The molecule has 0 spiro atoms. The number of hydrogen-bond acceptors (Lipinski definition) is 5. The van der Waals surface area contributed by atoms with Crippen LogP contribution in [0.4, 0.5) is 0 Å². The van der Waals surface area contributed by atoms with Gasteiger partial charge < -0.3 is 4.90 Å². The minimum atomic E-state index is -0.0613. The Morgan fingerprint density at radius 1 is 1.29 bits per heavy atom. The van der Waals surface area contributed by atoms with Crippen LogP contribution in [0.15, 0.2) is 22.4 Å². The summed E-state index contributed by atoms with van der Waals surface area (Å²) in [5, 5.41) is 6.02. The van der Waals surface area contributed by atoms with Crippen molar-refractivity contribution in [2.75, 3.05) is 13.1 Å². The molecule has 8 heteroatoms. The SMILES string of the molecule is Cc1csc2c(=O)n3c(nc12)CCN(C(=O)c1ccnn1C)CC3. The summed E-state index contributed by atoms with van der Waals surface area (Å²) in [4.78, 5) is 31.8. The van der Waals surface area contributed by atoms with E-state index in [-0.39, 0.29) is 11.5 Å². The van der Waals surface area contributed by atoms with Crippen molar-refractivity contribution < 1.29 is 4.79 Å². The maximum Gasteiger partial charge on any atom is 0.272 e. The van der Waals surface area contributed by atoms with E-state index in [2.05, 4.69) is 10.1 Å². The van der Waals surface area contributed by atoms with Gasteiger partial charge in [-0.05, 0) is 23.9 Å². The largest absolute Gasteiger partial charge is 0.335 e. The van der Waals surface area contributed by atoms with Crippen LogP contribution in [0.2, 0.25) is 0 Å². The highest BCUT2D eigenvalue weighted by Gasteiger charge is 2.24. The van der Waals surface area contributed by atoms with Gasteiger partial charge in [0.05, 0.1) is 5.52 Å². The second-order valence-electron chi connectivity index (χ2n) is 5.96. The van der Waals surface area contributed by atoms with Crippen molar-refractivity contribution in [3.05, 3.63) is 45.1 Å². The normalized spacial score (nSPS) is 14.7. The molecule has 1 amide bonds. The number of fused-ring (bicyclic) bond motifs is 2. The van der Waals surface area contributed by atoms with Crippen molar-refractivity contribution in [3.8, 4) is 0 Å². The molecule has 0 atom stereocenters. The van der Waals surface area contributed by atoms with Crippen molar-refractivity contribution in [1.82, 2.24) is 24.2 Å². The van der Waals surface area contributed by atoms with Crippen LogP contribution in [0.25, 0.3) is 10.2 Å². The predicted molar refractivity (Wildman–Crippen MR) is 91.4 cm³/mol. The predicted octanol–water partition coefficient (Wildman–Crippen LogP) is 1.20. The van der Waals surface area contributed by atoms with Crippen molar-refractivity contribution in [2.24, 2.45) is 7.05 Å². The molecule has 3 aromatic heterocycles. The van der Waals surface area contributed by atoms with E-state index in [0.717, 1.165) is 16.9 Å². The minimum Gasteiger partial charge on any atom is -0.335 e. The molecule has 0 unspecified atom stereocenters. The van der Waals surface area contributed by atoms with Crippen LogP contribution >= 0.6 is 11.3 Å². The molecule has 0 fully saturated rings. The van der Waals surface area contributed by atoms with E-state index in [1.54, 1.807) is 33.5 Å². The fourth-order valence-corrected chi connectivity index (χ4v) is 4.03. The van der Waals surface area contributed by atoms with Crippen LogP contribution in [0, 0.1) is 6.92 Å². The number of nitrogens with zero attached hydrogens (tertiary/aromatic N) is 5. The molecule has 3 aromatic rings. The van der Waals surface area contributed by atoms with E-state index < -0.39 is 0 Å². The van der Waals surface area contributed by atoms with Gasteiger partial charge in [-0.1, -0.05) is 0 Å². The van der Waals surface area contributed by atoms with Gasteiger partial charge >= 0.3 is 0 Å². The lowest BCUT2D eigenvalue weighted by molar-refractivity contribution is 0.0748. The number of carbonyl (C=O) groups is 1. The topological polar surface area (TPSA) is 73.0 Å². The fourth-order valence-electron chi connectivity index (χ4n) is 3.10. The van der Waals surface area contributed by atoms with E-state index in [1.165, 1.54) is 11.3 Å².